The molecule has 0 radical (unpaired) electrons. The van der Waals surface area contributed by atoms with Crippen molar-refractivity contribution < 1.29 is 5.11 Å². The van der Waals surface area contributed by atoms with Crippen molar-refractivity contribution in [2.24, 2.45) is 5.92 Å². The first-order chi connectivity index (χ1) is 6.74. The molecule has 0 bridgehead atoms. The van der Waals surface area contributed by atoms with Gasteiger partial charge in [0, 0.05) is 6.54 Å². The van der Waals surface area contributed by atoms with Gasteiger partial charge in [-0.25, -0.2) is 0 Å². The summed E-state index contributed by atoms with van der Waals surface area (Å²) in [4.78, 5) is 2.47. The molecule has 0 amide bonds. The van der Waals surface area contributed by atoms with Gasteiger partial charge in [-0.05, 0) is 51.9 Å². The van der Waals surface area contributed by atoms with Crippen molar-refractivity contribution in [3.63, 3.8) is 0 Å². The second kappa shape index (κ2) is 6.38. The van der Waals surface area contributed by atoms with Crippen LogP contribution in [0, 0.1) is 5.92 Å². The minimum atomic E-state index is -0.131. The number of hydrogen-bond donors (Lipinski definition) is 2. The van der Waals surface area contributed by atoms with Crippen molar-refractivity contribution in [3.05, 3.63) is 0 Å². The molecule has 0 spiro atoms. The largest absolute Gasteiger partial charge is 0.393 e. The summed E-state index contributed by atoms with van der Waals surface area (Å²) in [5, 5.41) is 12.8. The highest BCUT2D eigenvalue weighted by atomic mass is 16.3. The van der Waals surface area contributed by atoms with Crippen LogP contribution < -0.4 is 5.32 Å². The zero-order valence-electron chi connectivity index (χ0n) is 9.50. The molecule has 0 aromatic heterocycles. The van der Waals surface area contributed by atoms with Crippen LogP contribution in [-0.2, 0) is 0 Å². The topological polar surface area (TPSA) is 35.5 Å². The summed E-state index contributed by atoms with van der Waals surface area (Å²) in [6.07, 6.45) is 2.26. The van der Waals surface area contributed by atoms with E-state index in [1.54, 1.807) is 0 Å². The monoisotopic (exact) mass is 200 g/mol. The van der Waals surface area contributed by atoms with E-state index in [4.69, 9.17) is 0 Å². The SMILES string of the molecule is CCNCCCN1CCC(C(C)O)C1. The third kappa shape index (κ3) is 3.95. The number of aliphatic hydroxyl groups excluding tert-OH is 1. The Morgan fingerprint density at radius 1 is 1.57 bits per heavy atom. The van der Waals surface area contributed by atoms with Gasteiger partial charge in [0.1, 0.15) is 0 Å². The first-order valence-electron chi connectivity index (χ1n) is 5.85. The van der Waals surface area contributed by atoms with Crippen molar-refractivity contribution in [1.82, 2.24) is 10.2 Å². The third-order valence-electron chi connectivity index (χ3n) is 3.07. The predicted octanol–water partition coefficient (Wildman–Crippen LogP) is 0.689. The van der Waals surface area contributed by atoms with Gasteiger partial charge >= 0.3 is 0 Å². The number of aliphatic hydroxyl groups is 1. The van der Waals surface area contributed by atoms with Gasteiger partial charge < -0.3 is 15.3 Å². The number of likely N-dealkylation sites (tertiary alicyclic amines) is 1. The van der Waals surface area contributed by atoms with Crippen LogP contribution in [0.4, 0.5) is 0 Å². The molecule has 0 aromatic rings. The van der Waals surface area contributed by atoms with Gasteiger partial charge in [-0.3, -0.25) is 0 Å². The molecule has 3 heteroatoms. The van der Waals surface area contributed by atoms with Gasteiger partial charge in [-0.2, -0.15) is 0 Å². The van der Waals surface area contributed by atoms with Crippen molar-refractivity contribution in [1.29, 1.82) is 0 Å². The minimum absolute atomic E-state index is 0.131. The predicted molar refractivity (Wildman–Crippen MR) is 59.4 cm³/mol. The molecular weight excluding hydrogens is 176 g/mol. The van der Waals surface area contributed by atoms with E-state index in [2.05, 4.69) is 17.1 Å². The smallest absolute Gasteiger partial charge is 0.0552 e. The van der Waals surface area contributed by atoms with E-state index >= 15 is 0 Å². The van der Waals surface area contributed by atoms with E-state index in [-0.39, 0.29) is 6.10 Å². The third-order valence-corrected chi connectivity index (χ3v) is 3.07. The van der Waals surface area contributed by atoms with Crippen LogP contribution >= 0.6 is 0 Å². The molecule has 1 saturated heterocycles. The molecule has 2 atom stereocenters. The maximum Gasteiger partial charge on any atom is 0.0552 e. The van der Waals surface area contributed by atoms with Gasteiger partial charge in [-0.1, -0.05) is 6.92 Å². The van der Waals surface area contributed by atoms with Gasteiger partial charge in [0.15, 0.2) is 0 Å². The molecule has 0 aliphatic carbocycles. The zero-order chi connectivity index (χ0) is 10.4. The van der Waals surface area contributed by atoms with Crippen LogP contribution in [-0.4, -0.2) is 48.8 Å². The molecular formula is C11H24N2O. The lowest BCUT2D eigenvalue weighted by Gasteiger charge is -2.17. The lowest BCUT2D eigenvalue weighted by Crippen LogP contribution is -2.27. The van der Waals surface area contributed by atoms with E-state index in [0.717, 1.165) is 19.6 Å². The molecule has 84 valence electrons. The lowest BCUT2D eigenvalue weighted by atomic mass is 10.0. The van der Waals surface area contributed by atoms with Gasteiger partial charge in [0.2, 0.25) is 0 Å². The van der Waals surface area contributed by atoms with Crippen molar-refractivity contribution in [3.8, 4) is 0 Å². The zero-order valence-corrected chi connectivity index (χ0v) is 9.50. The summed E-state index contributed by atoms with van der Waals surface area (Å²) >= 11 is 0. The minimum Gasteiger partial charge on any atom is -0.393 e. The van der Waals surface area contributed by atoms with Crippen LogP contribution in [0.1, 0.15) is 26.7 Å². The molecule has 3 nitrogen and oxygen atoms in total. The number of nitrogens with zero attached hydrogens (tertiary/aromatic N) is 1. The summed E-state index contributed by atoms with van der Waals surface area (Å²) in [5.41, 5.74) is 0. The second-order valence-electron chi connectivity index (χ2n) is 4.30. The quantitative estimate of drug-likeness (QED) is 0.619. The van der Waals surface area contributed by atoms with E-state index in [0.29, 0.717) is 5.92 Å². The highest BCUT2D eigenvalue weighted by Gasteiger charge is 2.25. The maximum absolute atomic E-state index is 9.44. The summed E-state index contributed by atoms with van der Waals surface area (Å²) in [6.45, 7) is 9.66. The van der Waals surface area contributed by atoms with Gasteiger partial charge in [0.05, 0.1) is 6.10 Å². The molecule has 2 N–H and O–H groups in total. The van der Waals surface area contributed by atoms with Crippen LogP contribution in [0.2, 0.25) is 0 Å². The molecule has 2 unspecified atom stereocenters. The summed E-state index contributed by atoms with van der Waals surface area (Å²) in [5.74, 6) is 0.508. The first kappa shape index (κ1) is 12.0. The average molecular weight is 200 g/mol. The van der Waals surface area contributed by atoms with Crippen LogP contribution in [0.25, 0.3) is 0 Å². The molecule has 0 saturated carbocycles. The molecule has 1 rings (SSSR count). The van der Waals surface area contributed by atoms with E-state index < -0.39 is 0 Å². The standard InChI is InChI=1S/C11H24N2O/c1-3-12-6-4-7-13-8-5-11(9-13)10(2)14/h10-12,14H,3-9H2,1-2H3. The lowest BCUT2D eigenvalue weighted by molar-refractivity contribution is 0.127. The Labute approximate surface area is 87.5 Å². The highest BCUT2D eigenvalue weighted by Crippen LogP contribution is 2.19. The molecule has 14 heavy (non-hydrogen) atoms. The molecule has 0 aromatic carbocycles. The van der Waals surface area contributed by atoms with Gasteiger partial charge in [-0.15, -0.1) is 0 Å². The first-order valence-corrected chi connectivity index (χ1v) is 5.85. The maximum atomic E-state index is 9.44. The fourth-order valence-electron chi connectivity index (χ4n) is 2.06. The Hall–Kier alpha value is -0.120. The number of rotatable bonds is 6. The van der Waals surface area contributed by atoms with E-state index in [9.17, 15) is 5.11 Å². The van der Waals surface area contributed by atoms with Crippen molar-refractivity contribution >= 4 is 0 Å². The Morgan fingerprint density at radius 2 is 2.36 bits per heavy atom. The van der Waals surface area contributed by atoms with E-state index in [1.807, 2.05) is 6.92 Å². The number of hydrogen-bond acceptors (Lipinski definition) is 3. The average Bonchev–Trinajstić information content (AvgIpc) is 2.61. The molecule has 1 aliphatic heterocycles. The fourth-order valence-corrected chi connectivity index (χ4v) is 2.06. The summed E-state index contributed by atoms with van der Waals surface area (Å²) in [7, 11) is 0. The second-order valence-corrected chi connectivity index (χ2v) is 4.30. The Balaban J connectivity index is 2.04. The fraction of sp³-hybridized carbons (Fsp3) is 1.00. The van der Waals surface area contributed by atoms with Crippen LogP contribution in [0.5, 0.6) is 0 Å². The summed E-state index contributed by atoms with van der Waals surface area (Å²) < 4.78 is 0. The Kier molecular flexibility index (Phi) is 5.45. The molecule has 1 heterocycles. The van der Waals surface area contributed by atoms with Crippen LogP contribution in [0.3, 0.4) is 0 Å². The van der Waals surface area contributed by atoms with E-state index in [1.165, 1.54) is 25.9 Å². The normalized spacial score (nSPS) is 25.5. The number of nitrogens with one attached hydrogen (secondary N) is 1. The Bertz CT molecular complexity index is 150. The molecule has 1 fully saturated rings. The molecule has 1 aliphatic rings. The van der Waals surface area contributed by atoms with Crippen molar-refractivity contribution in [2.75, 3.05) is 32.7 Å². The highest BCUT2D eigenvalue weighted by molar-refractivity contribution is 4.78. The Morgan fingerprint density at radius 3 is 2.93 bits per heavy atom. The summed E-state index contributed by atoms with van der Waals surface area (Å²) in [6, 6.07) is 0. The van der Waals surface area contributed by atoms with Crippen molar-refractivity contribution in [2.45, 2.75) is 32.8 Å². The van der Waals surface area contributed by atoms with Gasteiger partial charge in [0.25, 0.3) is 0 Å². The van der Waals surface area contributed by atoms with Crippen LogP contribution in [0.15, 0.2) is 0 Å².